The molecular weight excluding hydrogens is 266 g/mol. The molecule has 2 saturated heterocycles. The van der Waals surface area contributed by atoms with E-state index in [1.807, 2.05) is 24.3 Å². The summed E-state index contributed by atoms with van der Waals surface area (Å²) in [6.45, 7) is 3.96. The number of nitrogens with two attached hydrogens (primary N) is 1. The minimum Gasteiger partial charge on any atom is -0.373 e. The molecule has 5 nitrogen and oxygen atoms in total. The molecule has 3 N–H and O–H groups in total. The van der Waals surface area contributed by atoms with Crippen LogP contribution in [0.3, 0.4) is 0 Å². The lowest BCUT2D eigenvalue weighted by Gasteiger charge is -2.35. The standard InChI is InChI=1S/C16H23N3O2/c17-8-12-3-5-13(6-4-12)16(20)18-9-15-10-19-7-1-2-14(19)11-21-15/h3-6,14-15H,1-2,7-11,17H2,(H,18,20). The predicted molar refractivity (Wildman–Crippen MR) is 81.0 cm³/mol. The summed E-state index contributed by atoms with van der Waals surface area (Å²) in [6, 6.07) is 8.01. The first-order valence-electron chi connectivity index (χ1n) is 7.69. The van der Waals surface area contributed by atoms with E-state index >= 15 is 0 Å². The second-order valence-electron chi connectivity index (χ2n) is 5.86. The van der Waals surface area contributed by atoms with Crippen LogP contribution in [0.25, 0.3) is 0 Å². The van der Waals surface area contributed by atoms with Gasteiger partial charge in [0.05, 0.1) is 12.7 Å². The Labute approximate surface area is 125 Å². The Bertz CT molecular complexity index is 489. The molecule has 2 aliphatic heterocycles. The molecule has 2 unspecified atom stereocenters. The minimum absolute atomic E-state index is 0.0503. The summed E-state index contributed by atoms with van der Waals surface area (Å²) in [5.41, 5.74) is 7.25. The van der Waals surface area contributed by atoms with Crippen molar-refractivity contribution >= 4 is 5.91 Å². The Balaban J connectivity index is 1.49. The van der Waals surface area contributed by atoms with Crippen molar-refractivity contribution < 1.29 is 9.53 Å². The zero-order chi connectivity index (χ0) is 14.7. The largest absolute Gasteiger partial charge is 0.373 e. The summed E-state index contributed by atoms with van der Waals surface area (Å²) in [6.07, 6.45) is 2.61. The molecule has 1 aromatic rings. The number of rotatable bonds is 4. The number of carbonyl (C=O) groups is 1. The van der Waals surface area contributed by atoms with E-state index in [9.17, 15) is 4.79 Å². The topological polar surface area (TPSA) is 67.6 Å². The first-order valence-corrected chi connectivity index (χ1v) is 7.69. The molecule has 1 aromatic carbocycles. The number of carbonyl (C=O) groups excluding carboxylic acids is 1. The number of nitrogens with zero attached hydrogens (tertiary/aromatic N) is 1. The number of amides is 1. The van der Waals surface area contributed by atoms with Gasteiger partial charge in [0.2, 0.25) is 0 Å². The number of nitrogens with one attached hydrogen (secondary N) is 1. The van der Waals surface area contributed by atoms with Gasteiger partial charge in [0, 0.05) is 31.2 Å². The van der Waals surface area contributed by atoms with Crippen LogP contribution < -0.4 is 11.1 Å². The molecule has 5 heteroatoms. The number of ether oxygens (including phenoxy) is 1. The molecule has 1 amide bonds. The highest BCUT2D eigenvalue weighted by atomic mass is 16.5. The molecule has 114 valence electrons. The lowest BCUT2D eigenvalue weighted by Crippen LogP contribution is -2.50. The van der Waals surface area contributed by atoms with Gasteiger partial charge in [0.1, 0.15) is 0 Å². The fourth-order valence-corrected chi connectivity index (χ4v) is 3.11. The molecule has 21 heavy (non-hydrogen) atoms. The van der Waals surface area contributed by atoms with E-state index < -0.39 is 0 Å². The molecule has 0 bridgehead atoms. The van der Waals surface area contributed by atoms with Crippen LogP contribution in [0.2, 0.25) is 0 Å². The van der Waals surface area contributed by atoms with E-state index in [2.05, 4.69) is 10.2 Å². The van der Waals surface area contributed by atoms with Crippen LogP contribution in [0.15, 0.2) is 24.3 Å². The fraction of sp³-hybridized carbons (Fsp3) is 0.562. The van der Waals surface area contributed by atoms with Crippen LogP contribution in [-0.2, 0) is 11.3 Å². The number of fused-ring (bicyclic) bond motifs is 1. The van der Waals surface area contributed by atoms with Crippen LogP contribution in [0.1, 0.15) is 28.8 Å². The van der Waals surface area contributed by atoms with E-state index in [0.717, 1.165) is 18.7 Å². The third-order valence-corrected chi connectivity index (χ3v) is 4.40. The summed E-state index contributed by atoms with van der Waals surface area (Å²) in [5, 5.41) is 2.96. The third kappa shape index (κ3) is 3.43. The molecule has 2 atom stereocenters. The number of hydrogen-bond acceptors (Lipinski definition) is 4. The van der Waals surface area contributed by atoms with Crippen molar-refractivity contribution in [3.05, 3.63) is 35.4 Å². The molecule has 0 aliphatic carbocycles. The fourth-order valence-electron chi connectivity index (χ4n) is 3.11. The summed E-state index contributed by atoms with van der Waals surface area (Å²) >= 11 is 0. The van der Waals surface area contributed by atoms with Gasteiger partial charge in [0.25, 0.3) is 5.91 Å². The Morgan fingerprint density at radius 1 is 1.38 bits per heavy atom. The highest BCUT2D eigenvalue weighted by Crippen LogP contribution is 2.22. The summed E-state index contributed by atoms with van der Waals surface area (Å²) in [5.74, 6) is -0.0503. The molecule has 0 saturated carbocycles. The van der Waals surface area contributed by atoms with E-state index in [4.69, 9.17) is 10.5 Å². The van der Waals surface area contributed by atoms with Gasteiger partial charge in [-0.3, -0.25) is 9.69 Å². The number of benzene rings is 1. The van der Waals surface area contributed by atoms with Crippen molar-refractivity contribution in [2.24, 2.45) is 5.73 Å². The summed E-state index contributed by atoms with van der Waals surface area (Å²) < 4.78 is 5.84. The Morgan fingerprint density at radius 2 is 2.19 bits per heavy atom. The monoisotopic (exact) mass is 289 g/mol. The summed E-state index contributed by atoms with van der Waals surface area (Å²) in [4.78, 5) is 14.6. The minimum atomic E-state index is -0.0503. The van der Waals surface area contributed by atoms with Crippen molar-refractivity contribution in [1.82, 2.24) is 10.2 Å². The highest BCUT2D eigenvalue weighted by molar-refractivity contribution is 5.94. The molecule has 0 spiro atoms. The van der Waals surface area contributed by atoms with Crippen molar-refractivity contribution in [1.29, 1.82) is 0 Å². The maximum atomic E-state index is 12.1. The van der Waals surface area contributed by atoms with Gasteiger partial charge >= 0.3 is 0 Å². The van der Waals surface area contributed by atoms with Gasteiger partial charge in [-0.15, -0.1) is 0 Å². The average molecular weight is 289 g/mol. The molecule has 2 fully saturated rings. The van der Waals surface area contributed by atoms with Gasteiger partial charge in [0.15, 0.2) is 0 Å². The van der Waals surface area contributed by atoms with Crippen molar-refractivity contribution in [3.8, 4) is 0 Å². The van der Waals surface area contributed by atoms with Gasteiger partial charge < -0.3 is 15.8 Å². The van der Waals surface area contributed by atoms with Crippen LogP contribution in [-0.4, -0.2) is 49.2 Å². The van der Waals surface area contributed by atoms with Gasteiger partial charge in [-0.05, 0) is 37.1 Å². The lowest BCUT2D eigenvalue weighted by atomic mass is 10.1. The molecule has 0 radical (unpaired) electrons. The Kier molecular flexibility index (Phi) is 4.53. The average Bonchev–Trinajstić information content (AvgIpc) is 3.00. The van der Waals surface area contributed by atoms with Crippen LogP contribution in [0.4, 0.5) is 0 Å². The molecule has 2 heterocycles. The third-order valence-electron chi connectivity index (χ3n) is 4.40. The smallest absolute Gasteiger partial charge is 0.251 e. The van der Waals surface area contributed by atoms with Crippen molar-refractivity contribution in [3.63, 3.8) is 0 Å². The molecule has 0 aromatic heterocycles. The van der Waals surface area contributed by atoms with E-state index in [-0.39, 0.29) is 12.0 Å². The quantitative estimate of drug-likeness (QED) is 0.858. The normalized spacial score (nSPS) is 25.6. The lowest BCUT2D eigenvalue weighted by molar-refractivity contribution is -0.0461. The highest BCUT2D eigenvalue weighted by Gasteiger charge is 2.32. The summed E-state index contributed by atoms with van der Waals surface area (Å²) in [7, 11) is 0. The zero-order valence-corrected chi connectivity index (χ0v) is 12.3. The number of morpholine rings is 1. The Morgan fingerprint density at radius 3 is 2.95 bits per heavy atom. The van der Waals surface area contributed by atoms with Gasteiger partial charge in [-0.1, -0.05) is 12.1 Å². The Hall–Kier alpha value is -1.43. The first-order chi connectivity index (χ1) is 10.3. The van der Waals surface area contributed by atoms with E-state index in [0.29, 0.717) is 24.7 Å². The zero-order valence-electron chi connectivity index (χ0n) is 12.3. The first kappa shape index (κ1) is 14.5. The van der Waals surface area contributed by atoms with Gasteiger partial charge in [-0.25, -0.2) is 0 Å². The second kappa shape index (κ2) is 6.56. The van der Waals surface area contributed by atoms with Crippen molar-refractivity contribution in [2.45, 2.75) is 31.5 Å². The van der Waals surface area contributed by atoms with Gasteiger partial charge in [-0.2, -0.15) is 0 Å². The molecule has 2 aliphatic rings. The van der Waals surface area contributed by atoms with Crippen LogP contribution >= 0.6 is 0 Å². The maximum Gasteiger partial charge on any atom is 0.251 e. The number of hydrogen-bond donors (Lipinski definition) is 2. The SMILES string of the molecule is NCc1ccc(C(=O)NCC2CN3CCCC3CO2)cc1. The molecule has 3 rings (SSSR count). The van der Waals surface area contributed by atoms with E-state index in [1.165, 1.54) is 19.4 Å². The van der Waals surface area contributed by atoms with Crippen molar-refractivity contribution in [2.75, 3.05) is 26.2 Å². The second-order valence-corrected chi connectivity index (χ2v) is 5.86. The van der Waals surface area contributed by atoms with Crippen LogP contribution in [0.5, 0.6) is 0 Å². The molecular formula is C16H23N3O2. The maximum absolute atomic E-state index is 12.1. The predicted octanol–water partition coefficient (Wildman–Crippen LogP) is 0.738. The van der Waals surface area contributed by atoms with E-state index in [1.54, 1.807) is 0 Å². The van der Waals surface area contributed by atoms with Crippen LogP contribution in [0, 0.1) is 0 Å².